The molecule has 1 amide bonds. The number of nitrogens with zero attached hydrogens (tertiary/aromatic N) is 1. The summed E-state index contributed by atoms with van der Waals surface area (Å²) in [6.07, 6.45) is 3.43. The average molecular weight is 180 g/mol. The first kappa shape index (κ1) is 11.7. The number of rotatable bonds is 6. The number of nitriles is 1. The van der Waals surface area contributed by atoms with Gasteiger partial charge in [0.1, 0.15) is 0 Å². The van der Waals surface area contributed by atoms with Crippen molar-refractivity contribution >= 4 is 5.91 Å². The van der Waals surface area contributed by atoms with Gasteiger partial charge in [-0.05, 0) is 12.3 Å². The Morgan fingerprint density at radius 3 is 2.69 bits per heavy atom. The standard InChI is InChI=1S/C10H16N2O/c1-3-5-9(7-11)8(4-2)6-10(12)13/h3,8-9H,1,4-6H2,2H3,(H2,12,13)/t8-,9+/m1/s1. The summed E-state index contributed by atoms with van der Waals surface area (Å²) >= 11 is 0. The molecular formula is C10H16N2O. The summed E-state index contributed by atoms with van der Waals surface area (Å²) in [5.74, 6) is -0.397. The Bertz CT molecular complexity index is 217. The van der Waals surface area contributed by atoms with Gasteiger partial charge in [-0.3, -0.25) is 4.79 Å². The Balaban J connectivity index is 4.26. The Hall–Kier alpha value is -1.30. The Morgan fingerprint density at radius 1 is 1.77 bits per heavy atom. The van der Waals surface area contributed by atoms with Crippen LogP contribution in [0, 0.1) is 23.2 Å². The van der Waals surface area contributed by atoms with Crippen LogP contribution in [0.2, 0.25) is 0 Å². The van der Waals surface area contributed by atoms with E-state index in [1.807, 2.05) is 6.92 Å². The van der Waals surface area contributed by atoms with Crippen LogP contribution in [0.3, 0.4) is 0 Å². The summed E-state index contributed by atoms with van der Waals surface area (Å²) in [4.78, 5) is 10.7. The van der Waals surface area contributed by atoms with E-state index >= 15 is 0 Å². The zero-order valence-electron chi connectivity index (χ0n) is 7.99. The molecule has 0 aliphatic heterocycles. The molecule has 0 aromatic rings. The highest BCUT2D eigenvalue weighted by atomic mass is 16.1. The van der Waals surface area contributed by atoms with Crippen molar-refractivity contribution in [3.8, 4) is 6.07 Å². The van der Waals surface area contributed by atoms with Gasteiger partial charge in [0.15, 0.2) is 0 Å². The average Bonchev–Trinajstić information content (AvgIpc) is 2.10. The molecule has 0 saturated heterocycles. The predicted molar refractivity (Wildman–Crippen MR) is 51.5 cm³/mol. The van der Waals surface area contributed by atoms with Gasteiger partial charge < -0.3 is 5.73 Å². The van der Waals surface area contributed by atoms with Crippen molar-refractivity contribution in [3.05, 3.63) is 12.7 Å². The molecule has 0 fully saturated rings. The van der Waals surface area contributed by atoms with Gasteiger partial charge in [0.2, 0.25) is 5.91 Å². The number of hydrogen-bond donors (Lipinski definition) is 1. The minimum atomic E-state index is -0.337. The lowest BCUT2D eigenvalue weighted by Gasteiger charge is -2.17. The van der Waals surface area contributed by atoms with E-state index < -0.39 is 0 Å². The number of amides is 1. The molecule has 0 bridgehead atoms. The van der Waals surface area contributed by atoms with Crippen molar-refractivity contribution in [1.29, 1.82) is 5.26 Å². The second-order valence-corrected chi connectivity index (χ2v) is 3.10. The van der Waals surface area contributed by atoms with Gasteiger partial charge in [0, 0.05) is 6.42 Å². The number of primary amides is 1. The van der Waals surface area contributed by atoms with Gasteiger partial charge in [-0.25, -0.2) is 0 Å². The van der Waals surface area contributed by atoms with Gasteiger partial charge in [0.25, 0.3) is 0 Å². The predicted octanol–water partition coefficient (Wildman–Crippen LogP) is 1.60. The molecule has 2 atom stereocenters. The molecule has 0 aliphatic rings. The van der Waals surface area contributed by atoms with Crippen molar-refractivity contribution in [2.45, 2.75) is 26.2 Å². The van der Waals surface area contributed by atoms with Crippen molar-refractivity contribution in [1.82, 2.24) is 0 Å². The van der Waals surface area contributed by atoms with Crippen LogP contribution in [0.1, 0.15) is 26.2 Å². The van der Waals surface area contributed by atoms with Gasteiger partial charge in [-0.2, -0.15) is 5.26 Å². The minimum Gasteiger partial charge on any atom is -0.370 e. The third-order valence-electron chi connectivity index (χ3n) is 2.14. The molecule has 0 radical (unpaired) electrons. The molecule has 0 aromatic carbocycles. The van der Waals surface area contributed by atoms with E-state index in [9.17, 15) is 4.79 Å². The molecule has 0 heterocycles. The molecule has 13 heavy (non-hydrogen) atoms. The zero-order chi connectivity index (χ0) is 10.3. The third-order valence-corrected chi connectivity index (χ3v) is 2.14. The number of hydrogen-bond acceptors (Lipinski definition) is 2. The fraction of sp³-hybridized carbons (Fsp3) is 0.600. The summed E-state index contributed by atoms with van der Waals surface area (Å²) in [5, 5.41) is 8.82. The SMILES string of the molecule is C=CC[C@@H](C#N)[C@H](CC)CC(N)=O. The molecule has 0 aromatic heterocycles. The summed E-state index contributed by atoms with van der Waals surface area (Å²) in [6.45, 7) is 5.54. The van der Waals surface area contributed by atoms with Crippen molar-refractivity contribution in [2.75, 3.05) is 0 Å². The maximum absolute atomic E-state index is 10.7. The van der Waals surface area contributed by atoms with Crippen LogP contribution >= 0.6 is 0 Å². The van der Waals surface area contributed by atoms with Gasteiger partial charge >= 0.3 is 0 Å². The molecule has 3 heteroatoms. The molecule has 0 aliphatic carbocycles. The highest BCUT2D eigenvalue weighted by Crippen LogP contribution is 2.22. The summed E-state index contributed by atoms with van der Waals surface area (Å²) < 4.78 is 0. The van der Waals surface area contributed by atoms with E-state index in [4.69, 9.17) is 11.0 Å². The molecule has 72 valence electrons. The largest absolute Gasteiger partial charge is 0.370 e. The first-order chi connectivity index (χ1) is 6.15. The smallest absolute Gasteiger partial charge is 0.217 e. The Labute approximate surface area is 79.2 Å². The van der Waals surface area contributed by atoms with Crippen LogP contribution in [-0.2, 0) is 4.79 Å². The summed E-state index contributed by atoms with van der Waals surface area (Å²) in [5.41, 5.74) is 5.08. The highest BCUT2D eigenvalue weighted by Gasteiger charge is 2.19. The van der Waals surface area contributed by atoms with Crippen LogP contribution < -0.4 is 5.73 Å². The van der Waals surface area contributed by atoms with Crippen molar-refractivity contribution in [2.24, 2.45) is 17.6 Å². The Morgan fingerprint density at radius 2 is 2.38 bits per heavy atom. The summed E-state index contributed by atoms with van der Waals surface area (Å²) in [7, 11) is 0. The lowest BCUT2D eigenvalue weighted by atomic mass is 9.86. The highest BCUT2D eigenvalue weighted by molar-refractivity contribution is 5.74. The van der Waals surface area contributed by atoms with Gasteiger partial charge in [0.05, 0.1) is 12.0 Å². The summed E-state index contributed by atoms with van der Waals surface area (Å²) in [6, 6.07) is 2.18. The topological polar surface area (TPSA) is 66.9 Å². The molecule has 2 N–H and O–H groups in total. The van der Waals surface area contributed by atoms with Gasteiger partial charge in [-0.15, -0.1) is 6.58 Å². The zero-order valence-corrected chi connectivity index (χ0v) is 7.99. The third kappa shape index (κ3) is 4.32. The van der Waals surface area contributed by atoms with E-state index in [-0.39, 0.29) is 17.7 Å². The van der Waals surface area contributed by atoms with Crippen LogP contribution in [-0.4, -0.2) is 5.91 Å². The molecule has 0 spiro atoms. The first-order valence-corrected chi connectivity index (χ1v) is 4.44. The monoisotopic (exact) mass is 180 g/mol. The number of allylic oxidation sites excluding steroid dienone is 1. The van der Waals surface area contributed by atoms with Crippen molar-refractivity contribution in [3.63, 3.8) is 0 Å². The normalized spacial score (nSPS) is 14.2. The fourth-order valence-electron chi connectivity index (χ4n) is 1.36. The van der Waals surface area contributed by atoms with Crippen molar-refractivity contribution < 1.29 is 4.79 Å². The molecule has 0 rings (SSSR count). The van der Waals surface area contributed by atoms with Crippen LogP contribution in [0.4, 0.5) is 0 Å². The lowest BCUT2D eigenvalue weighted by Crippen LogP contribution is -2.21. The van der Waals surface area contributed by atoms with Crippen LogP contribution in [0.25, 0.3) is 0 Å². The number of nitrogens with two attached hydrogens (primary N) is 1. The van der Waals surface area contributed by atoms with E-state index in [0.29, 0.717) is 12.8 Å². The Kier molecular flexibility index (Phi) is 5.62. The van der Waals surface area contributed by atoms with Gasteiger partial charge in [-0.1, -0.05) is 19.4 Å². The maximum Gasteiger partial charge on any atom is 0.217 e. The van der Waals surface area contributed by atoms with E-state index in [1.165, 1.54) is 0 Å². The molecular weight excluding hydrogens is 164 g/mol. The second-order valence-electron chi connectivity index (χ2n) is 3.10. The second kappa shape index (κ2) is 6.24. The van der Waals surface area contributed by atoms with E-state index in [0.717, 1.165) is 6.42 Å². The van der Waals surface area contributed by atoms with Crippen LogP contribution in [0.5, 0.6) is 0 Å². The van der Waals surface area contributed by atoms with E-state index in [1.54, 1.807) is 6.08 Å². The lowest BCUT2D eigenvalue weighted by molar-refractivity contribution is -0.119. The fourth-order valence-corrected chi connectivity index (χ4v) is 1.36. The number of carbonyl (C=O) groups is 1. The first-order valence-electron chi connectivity index (χ1n) is 4.44. The molecule has 3 nitrogen and oxygen atoms in total. The minimum absolute atomic E-state index is 0.0699. The van der Waals surface area contributed by atoms with E-state index in [2.05, 4.69) is 12.6 Å². The maximum atomic E-state index is 10.7. The van der Waals surface area contributed by atoms with Crippen LogP contribution in [0.15, 0.2) is 12.7 Å². The quantitative estimate of drug-likeness (QED) is 0.631. The number of carbonyl (C=O) groups excluding carboxylic acids is 1. The molecule has 0 unspecified atom stereocenters. The molecule has 0 saturated carbocycles.